The first kappa shape index (κ1) is 11.7. The standard InChI is InChI=1S/C15H19NO2/c17-12-7-9-15(18,10-8-12)14-6-5-11-3-1-2-4-13(11)16-14/h1-4,14,16,18H,5-10H2. The van der Waals surface area contributed by atoms with Crippen molar-refractivity contribution in [2.75, 3.05) is 5.32 Å². The van der Waals surface area contributed by atoms with E-state index in [0.717, 1.165) is 18.5 Å². The van der Waals surface area contributed by atoms with Crippen LogP contribution in [0.2, 0.25) is 0 Å². The molecule has 3 nitrogen and oxygen atoms in total. The molecule has 1 unspecified atom stereocenters. The number of nitrogens with one attached hydrogen (secondary N) is 1. The molecule has 1 atom stereocenters. The highest BCUT2D eigenvalue weighted by molar-refractivity contribution is 5.79. The molecule has 1 aromatic rings. The number of carbonyl (C=O) groups excluding carboxylic acids is 1. The lowest BCUT2D eigenvalue weighted by molar-refractivity contribution is -0.126. The summed E-state index contributed by atoms with van der Waals surface area (Å²) in [5, 5.41) is 14.2. The third kappa shape index (κ3) is 2.03. The number of para-hydroxylation sites is 1. The molecule has 0 bridgehead atoms. The molecule has 0 radical (unpaired) electrons. The summed E-state index contributed by atoms with van der Waals surface area (Å²) in [6.45, 7) is 0. The van der Waals surface area contributed by atoms with Gasteiger partial charge in [0.2, 0.25) is 0 Å². The first-order valence-electron chi connectivity index (χ1n) is 6.76. The predicted molar refractivity (Wildman–Crippen MR) is 70.6 cm³/mol. The molecule has 2 aliphatic rings. The third-order valence-corrected chi connectivity index (χ3v) is 4.37. The lowest BCUT2D eigenvalue weighted by Crippen LogP contribution is -2.50. The van der Waals surface area contributed by atoms with Gasteiger partial charge in [0.25, 0.3) is 0 Å². The molecule has 3 rings (SSSR count). The fourth-order valence-corrected chi connectivity index (χ4v) is 3.15. The van der Waals surface area contributed by atoms with E-state index in [0.29, 0.717) is 25.7 Å². The van der Waals surface area contributed by atoms with Crippen molar-refractivity contribution in [3.05, 3.63) is 29.8 Å². The molecule has 96 valence electrons. The van der Waals surface area contributed by atoms with Gasteiger partial charge in [-0.15, -0.1) is 0 Å². The SMILES string of the molecule is O=C1CCC(O)(C2CCc3ccccc3N2)CC1. The molecule has 3 heteroatoms. The Bertz CT molecular complexity index is 459. The minimum absolute atomic E-state index is 0.0838. The van der Waals surface area contributed by atoms with Crippen LogP contribution >= 0.6 is 0 Å². The van der Waals surface area contributed by atoms with E-state index in [2.05, 4.69) is 23.5 Å². The Hall–Kier alpha value is -1.35. The first-order chi connectivity index (χ1) is 8.67. The van der Waals surface area contributed by atoms with Crippen LogP contribution in [-0.2, 0) is 11.2 Å². The van der Waals surface area contributed by atoms with Crippen molar-refractivity contribution in [3.8, 4) is 0 Å². The number of carbonyl (C=O) groups is 1. The molecule has 1 aromatic carbocycles. The fraction of sp³-hybridized carbons (Fsp3) is 0.533. The Labute approximate surface area is 107 Å². The van der Waals surface area contributed by atoms with Crippen molar-refractivity contribution in [2.45, 2.75) is 50.2 Å². The monoisotopic (exact) mass is 245 g/mol. The zero-order valence-corrected chi connectivity index (χ0v) is 10.5. The second kappa shape index (κ2) is 4.39. The van der Waals surface area contributed by atoms with Crippen molar-refractivity contribution in [1.82, 2.24) is 0 Å². The summed E-state index contributed by atoms with van der Waals surface area (Å²) in [5.74, 6) is 0.288. The molecule has 0 spiro atoms. The highest BCUT2D eigenvalue weighted by Gasteiger charge is 2.40. The van der Waals surface area contributed by atoms with E-state index in [4.69, 9.17) is 0 Å². The maximum Gasteiger partial charge on any atom is 0.133 e. The van der Waals surface area contributed by atoms with Gasteiger partial charge in [-0.05, 0) is 37.3 Å². The van der Waals surface area contributed by atoms with E-state index in [9.17, 15) is 9.90 Å². The lowest BCUT2D eigenvalue weighted by atomic mass is 9.76. The van der Waals surface area contributed by atoms with E-state index in [1.54, 1.807) is 0 Å². The van der Waals surface area contributed by atoms with Gasteiger partial charge < -0.3 is 10.4 Å². The number of anilines is 1. The second-order valence-corrected chi connectivity index (χ2v) is 5.53. The molecule has 1 fully saturated rings. The summed E-state index contributed by atoms with van der Waals surface area (Å²) >= 11 is 0. The van der Waals surface area contributed by atoms with Crippen LogP contribution in [0.1, 0.15) is 37.7 Å². The van der Waals surface area contributed by atoms with E-state index in [-0.39, 0.29) is 11.8 Å². The average molecular weight is 245 g/mol. The Morgan fingerprint density at radius 2 is 1.89 bits per heavy atom. The Balaban J connectivity index is 1.77. The van der Waals surface area contributed by atoms with Crippen molar-refractivity contribution in [3.63, 3.8) is 0 Å². The van der Waals surface area contributed by atoms with Crippen molar-refractivity contribution >= 4 is 11.5 Å². The first-order valence-corrected chi connectivity index (χ1v) is 6.76. The molecular formula is C15H19NO2. The quantitative estimate of drug-likeness (QED) is 0.798. The maximum atomic E-state index is 11.3. The van der Waals surface area contributed by atoms with Crippen LogP contribution in [0.5, 0.6) is 0 Å². The number of hydrogen-bond acceptors (Lipinski definition) is 3. The number of Topliss-reactive ketones (excluding diaryl/α,β-unsaturated/α-hetero) is 1. The van der Waals surface area contributed by atoms with Crippen LogP contribution in [0.25, 0.3) is 0 Å². The summed E-state index contributed by atoms with van der Waals surface area (Å²) in [6, 6.07) is 8.35. The third-order valence-electron chi connectivity index (χ3n) is 4.37. The number of fused-ring (bicyclic) bond motifs is 1. The van der Waals surface area contributed by atoms with Gasteiger partial charge in [0.1, 0.15) is 5.78 Å². The van der Waals surface area contributed by atoms with Gasteiger partial charge in [-0.2, -0.15) is 0 Å². The summed E-state index contributed by atoms with van der Waals surface area (Å²) in [4.78, 5) is 11.3. The molecule has 18 heavy (non-hydrogen) atoms. The van der Waals surface area contributed by atoms with E-state index in [1.807, 2.05) is 6.07 Å². The normalized spacial score (nSPS) is 26.3. The molecule has 1 aliphatic heterocycles. The molecule has 0 aromatic heterocycles. The average Bonchev–Trinajstić information content (AvgIpc) is 2.42. The van der Waals surface area contributed by atoms with Gasteiger partial charge in [-0.1, -0.05) is 18.2 Å². The minimum Gasteiger partial charge on any atom is -0.388 e. The Morgan fingerprint density at radius 3 is 2.67 bits per heavy atom. The smallest absolute Gasteiger partial charge is 0.133 e. The van der Waals surface area contributed by atoms with E-state index >= 15 is 0 Å². The Morgan fingerprint density at radius 1 is 1.17 bits per heavy atom. The highest BCUT2D eigenvalue weighted by Crippen LogP contribution is 2.36. The zero-order chi connectivity index (χ0) is 12.6. The van der Waals surface area contributed by atoms with Gasteiger partial charge in [-0.3, -0.25) is 4.79 Å². The van der Waals surface area contributed by atoms with Gasteiger partial charge in [0.15, 0.2) is 0 Å². The predicted octanol–water partition coefficient (Wildman–Crippen LogP) is 2.29. The molecule has 0 saturated heterocycles. The number of aryl methyl sites for hydroxylation is 1. The minimum atomic E-state index is -0.707. The Kier molecular flexibility index (Phi) is 2.86. The zero-order valence-electron chi connectivity index (χ0n) is 10.5. The van der Waals surface area contributed by atoms with Crippen LogP contribution < -0.4 is 5.32 Å². The van der Waals surface area contributed by atoms with Gasteiger partial charge in [0, 0.05) is 18.5 Å². The molecule has 0 amide bonds. The van der Waals surface area contributed by atoms with Crippen LogP contribution in [0, 0.1) is 0 Å². The number of rotatable bonds is 1. The number of aliphatic hydroxyl groups is 1. The molecule has 1 heterocycles. The van der Waals surface area contributed by atoms with Crippen LogP contribution in [0.3, 0.4) is 0 Å². The summed E-state index contributed by atoms with van der Waals surface area (Å²) in [7, 11) is 0. The summed E-state index contributed by atoms with van der Waals surface area (Å²) in [6.07, 6.45) is 4.20. The topological polar surface area (TPSA) is 49.3 Å². The fourth-order valence-electron chi connectivity index (χ4n) is 3.15. The maximum absolute atomic E-state index is 11.3. The lowest BCUT2D eigenvalue weighted by Gasteiger charge is -2.42. The van der Waals surface area contributed by atoms with E-state index in [1.165, 1.54) is 5.56 Å². The largest absolute Gasteiger partial charge is 0.388 e. The van der Waals surface area contributed by atoms with Crippen molar-refractivity contribution in [2.24, 2.45) is 0 Å². The van der Waals surface area contributed by atoms with Gasteiger partial charge in [-0.25, -0.2) is 0 Å². The second-order valence-electron chi connectivity index (χ2n) is 5.53. The van der Waals surface area contributed by atoms with Crippen molar-refractivity contribution in [1.29, 1.82) is 0 Å². The van der Waals surface area contributed by atoms with Gasteiger partial charge in [0.05, 0.1) is 11.6 Å². The molecule has 1 saturated carbocycles. The molecule has 2 N–H and O–H groups in total. The molecule has 1 aliphatic carbocycles. The van der Waals surface area contributed by atoms with Crippen LogP contribution in [0.15, 0.2) is 24.3 Å². The van der Waals surface area contributed by atoms with Crippen LogP contribution in [-0.4, -0.2) is 22.5 Å². The summed E-state index contributed by atoms with van der Waals surface area (Å²) < 4.78 is 0. The number of ketones is 1. The highest BCUT2D eigenvalue weighted by atomic mass is 16.3. The number of benzene rings is 1. The molecular weight excluding hydrogens is 226 g/mol. The van der Waals surface area contributed by atoms with E-state index < -0.39 is 5.60 Å². The van der Waals surface area contributed by atoms with Crippen LogP contribution in [0.4, 0.5) is 5.69 Å². The van der Waals surface area contributed by atoms with Gasteiger partial charge >= 0.3 is 0 Å². The van der Waals surface area contributed by atoms with Crippen molar-refractivity contribution < 1.29 is 9.90 Å². The number of hydrogen-bond donors (Lipinski definition) is 2. The summed E-state index contributed by atoms with van der Waals surface area (Å²) in [5.41, 5.74) is 1.75.